The van der Waals surface area contributed by atoms with Crippen LogP contribution >= 0.6 is 0 Å². The van der Waals surface area contributed by atoms with Crippen LogP contribution in [-0.4, -0.2) is 19.5 Å². The first-order valence-electron chi connectivity index (χ1n) is 13.9. The summed E-state index contributed by atoms with van der Waals surface area (Å²) < 4.78 is 62.7. The van der Waals surface area contributed by atoms with Crippen LogP contribution in [0.25, 0.3) is 49.4 Å². The van der Waals surface area contributed by atoms with Crippen LogP contribution in [0.5, 0.6) is 11.5 Å². The first-order chi connectivity index (χ1) is 21.7. The Bertz CT molecular complexity index is 2290. The molecular weight excluding hydrogens is 582 g/mol. The average molecular weight is 606 g/mol. The maximum Gasteiger partial charge on any atom is 0.420 e. The number of nitrogen functional groups attached to an aromatic ring is 1. The van der Waals surface area contributed by atoms with Crippen LogP contribution in [0, 0.1) is 5.82 Å². The summed E-state index contributed by atoms with van der Waals surface area (Å²) in [5.74, 6) is 0.117. The van der Waals surface area contributed by atoms with Gasteiger partial charge in [0, 0.05) is 28.0 Å². The van der Waals surface area contributed by atoms with Gasteiger partial charge < -0.3 is 20.0 Å². The Morgan fingerprint density at radius 1 is 0.689 bits per heavy atom. The molecule has 0 saturated carbocycles. The molecule has 0 amide bonds. The number of H-pyrrole nitrogens is 1. The minimum atomic E-state index is -4.61. The zero-order chi connectivity index (χ0) is 31.1. The van der Waals surface area contributed by atoms with E-state index < -0.39 is 11.7 Å². The Hall–Kier alpha value is -5.90. The minimum Gasteiger partial charge on any atom is -0.457 e. The Morgan fingerprint density at radius 3 is 2.22 bits per heavy atom. The van der Waals surface area contributed by atoms with Gasteiger partial charge in [0.15, 0.2) is 5.95 Å². The topological polar surface area (TPSA) is 81.8 Å². The number of nitrogens with one attached hydrogen (secondary N) is 1. The third-order valence-electron chi connectivity index (χ3n) is 7.33. The second kappa shape index (κ2) is 11.0. The molecule has 0 spiro atoms. The van der Waals surface area contributed by atoms with Crippen molar-refractivity contribution in [2.24, 2.45) is 0 Å². The van der Waals surface area contributed by atoms with Gasteiger partial charge in [0.2, 0.25) is 0 Å². The Labute approximate surface area is 253 Å². The van der Waals surface area contributed by atoms with Crippen molar-refractivity contribution in [3.63, 3.8) is 0 Å². The number of aromatic nitrogens is 4. The van der Waals surface area contributed by atoms with Gasteiger partial charge in [-0.2, -0.15) is 13.2 Å². The van der Waals surface area contributed by atoms with Gasteiger partial charge in [-0.25, -0.2) is 14.4 Å². The van der Waals surface area contributed by atoms with E-state index in [1.165, 1.54) is 18.2 Å². The molecule has 10 heteroatoms. The largest absolute Gasteiger partial charge is 0.457 e. The molecule has 3 heterocycles. The molecule has 0 aliphatic rings. The molecule has 0 radical (unpaired) electrons. The van der Waals surface area contributed by atoms with Crippen molar-refractivity contribution < 1.29 is 22.3 Å². The molecule has 45 heavy (non-hydrogen) atoms. The van der Waals surface area contributed by atoms with Crippen LogP contribution in [0.4, 0.5) is 23.5 Å². The lowest BCUT2D eigenvalue weighted by Gasteiger charge is -2.15. The number of anilines is 1. The molecule has 0 unspecified atom stereocenters. The average Bonchev–Trinajstić information content (AvgIpc) is 3.62. The fourth-order valence-corrected chi connectivity index (χ4v) is 5.22. The standard InChI is InChI=1S/C28H16F4N2O.C7H7N3/c29-20-5-10-26-18(14-20)11-12-34(26)21-6-8-22(9-7-21)35-27-15-19-13-17-3-1-2-4-24(17)33-25(19)16-23(27)28(30,31)32;8-7-9-5-3-1-2-4-6(5)10-7/h1-16H;1-4H,(H3,8,9,10). The van der Waals surface area contributed by atoms with Crippen LogP contribution in [0.2, 0.25) is 0 Å². The highest BCUT2D eigenvalue weighted by Gasteiger charge is 2.35. The van der Waals surface area contributed by atoms with E-state index in [0.29, 0.717) is 16.9 Å². The van der Waals surface area contributed by atoms with Crippen LogP contribution in [-0.2, 0) is 6.18 Å². The fraction of sp³-hybridized carbons (Fsp3) is 0.0286. The summed E-state index contributed by atoms with van der Waals surface area (Å²) in [6.07, 6.45) is -2.81. The molecule has 0 bridgehead atoms. The SMILES string of the molecule is Fc1ccc2c(ccn2-c2ccc(Oc3cc4cc5ccccc5nc4cc3C(F)(F)F)cc2)c1.Nc1nc2ccccc2[nH]1. The molecule has 3 aromatic heterocycles. The highest BCUT2D eigenvalue weighted by Crippen LogP contribution is 2.41. The highest BCUT2D eigenvalue weighted by molar-refractivity contribution is 5.94. The second-order valence-electron chi connectivity index (χ2n) is 10.3. The lowest BCUT2D eigenvalue weighted by Crippen LogP contribution is -2.07. The minimum absolute atomic E-state index is 0.245. The van der Waals surface area contributed by atoms with Crippen LogP contribution < -0.4 is 10.5 Å². The molecule has 6 nitrogen and oxygen atoms in total. The number of nitrogens with two attached hydrogens (primary N) is 1. The summed E-state index contributed by atoms with van der Waals surface area (Å²) in [6, 6.07) is 32.2. The lowest BCUT2D eigenvalue weighted by molar-refractivity contribution is -0.138. The number of fused-ring (bicyclic) bond motifs is 4. The van der Waals surface area contributed by atoms with Gasteiger partial charge in [0.1, 0.15) is 22.9 Å². The van der Waals surface area contributed by atoms with Gasteiger partial charge in [-0.1, -0.05) is 30.3 Å². The number of para-hydroxylation sites is 3. The molecule has 5 aromatic carbocycles. The number of hydrogen-bond acceptors (Lipinski definition) is 4. The third kappa shape index (κ3) is 5.61. The Kier molecular flexibility index (Phi) is 6.81. The van der Waals surface area contributed by atoms with Crippen molar-refractivity contribution in [2.75, 3.05) is 5.73 Å². The molecular formula is C35H23F4N5O. The van der Waals surface area contributed by atoms with Gasteiger partial charge in [0.05, 0.1) is 27.6 Å². The van der Waals surface area contributed by atoms with Gasteiger partial charge in [-0.3, -0.25) is 0 Å². The maximum absolute atomic E-state index is 13.9. The molecule has 0 fully saturated rings. The number of pyridine rings is 1. The summed E-state index contributed by atoms with van der Waals surface area (Å²) in [5.41, 5.74) is 8.88. The maximum atomic E-state index is 13.9. The van der Waals surface area contributed by atoms with E-state index in [1.807, 2.05) is 47.2 Å². The van der Waals surface area contributed by atoms with E-state index in [-0.39, 0.29) is 22.8 Å². The number of rotatable bonds is 3. The predicted molar refractivity (Wildman–Crippen MR) is 168 cm³/mol. The molecule has 3 N–H and O–H groups in total. The normalized spacial score (nSPS) is 11.6. The Balaban J connectivity index is 0.000000275. The number of hydrogen-bond donors (Lipinski definition) is 2. The van der Waals surface area contributed by atoms with Crippen LogP contribution in [0.15, 0.2) is 121 Å². The van der Waals surface area contributed by atoms with E-state index in [4.69, 9.17) is 10.5 Å². The first-order valence-corrected chi connectivity index (χ1v) is 13.9. The van der Waals surface area contributed by atoms with E-state index in [0.717, 1.165) is 39.1 Å². The lowest BCUT2D eigenvalue weighted by atomic mass is 10.1. The summed E-state index contributed by atoms with van der Waals surface area (Å²) in [7, 11) is 0. The number of imidazole rings is 1. The third-order valence-corrected chi connectivity index (χ3v) is 7.33. The first kappa shape index (κ1) is 27.9. The molecule has 0 atom stereocenters. The van der Waals surface area contributed by atoms with Gasteiger partial charge in [-0.05, 0) is 84.9 Å². The van der Waals surface area contributed by atoms with Crippen molar-refractivity contribution >= 4 is 49.7 Å². The Morgan fingerprint density at radius 2 is 1.44 bits per heavy atom. The summed E-state index contributed by atoms with van der Waals surface area (Å²) >= 11 is 0. The van der Waals surface area contributed by atoms with Gasteiger partial charge in [0.25, 0.3) is 0 Å². The molecule has 0 aliphatic heterocycles. The molecule has 222 valence electrons. The van der Waals surface area contributed by atoms with Crippen molar-refractivity contribution in [3.8, 4) is 17.2 Å². The number of benzene rings is 5. The van der Waals surface area contributed by atoms with E-state index >= 15 is 0 Å². The van der Waals surface area contributed by atoms with Crippen molar-refractivity contribution in [2.45, 2.75) is 6.18 Å². The van der Waals surface area contributed by atoms with Crippen LogP contribution in [0.1, 0.15) is 5.56 Å². The summed E-state index contributed by atoms with van der Waals surface area (Å²) in [6.45, 7) is 0. The summed E-state index contributed by atoms with van der Waals surface area (Å²) in [5, 5.41) is 2.13. The zero-order valence-corrected chi connectivity index (χ0v) is 23.4. The highest BCUT2D eigenvalue weighted by atomic mass is 19.4. The number of aromatic amines is 1. The van der Waals surface area contributed by atoms with Crippen molar-refractivity contribution in [1.82, 2.24) is 19.5 Å². The molecule has 0 saturated heterocycles. The van der Waals surface area contributed by atoms with E-state index in [2.05, 4.69) is 15.0 Å². The number of ether oxygens (including phenoxy) is 1. The monoisotopic (exact) mass is 605 g/mol. The molecule has 0 aliphatic carbocycles. The predicted octanol–water partition coefficient (Wildman–Crippen LogP) is 9.43. The zero-order valence-electron chi connectivity index (χ0n) is 23.4. The quantitative estimate of drug-likeness (QED) is 0.155. The van der Waals surface area contributed by atoms with Crippen LogP contribution in [0.3, 0.4) is 0 Å². The molecule has 8 aromatic rings. The number of nitrogens with zero attached hydrogens (tertiary/aromatic N) is 3. The van der Waals surface area contributed by atoms with Gasteiger partial charge >= 0.3 is 6.18 Å². The molecule has 8 rings (SSSR count). The van der Waals surface area contributed by atoms with E-state index in [9.17, 15) is 17.6 Å². The smallest absolute Gasteiger partial charge is 0.420 e. The van der Waals surface area contributed by atoms with Crippen molar-refractivity contribution in [1.29, 1.82) is 0 Å². The summed E-state index contributed by atoms with van der Waals surface area (Å²) in [4.78, 5) is 11.3. The second-order valence-corrected chi connectivity index (χ2v) is 10.3. The van der Waals surface area contributed by atoms with Crippen molar-refractivity contribution in [3.05, 3.63) is 133 Å². The van der Waals surface area contributed by atoms with Gasteiger partial charge in [-0.15, -0.1) is 0 Å². The number of alkyl halides is 3. The number of halogens is 4. The fourth-order valence-electron chi connectivity index (χ4n) is 5.22. The van der Waals surface area contributed by atoms with E-state index in [1.54, 1.807) is 54.6 Å².